The zero-order valence-corrected chi connectivity index (χ0v) is 52.0. The van der Waals surface area contributed by atoms with Crippen molar-refractivity contribution in [1.82, 2.24) is 5.32 Å². The predicted molar refractivity (Wildman–Crippen MR) is 338 cm³/mol. The Hall–Kier alpha value is -1.92. The lowest BCUT2D eigenvalue weighted by atomic mass is 10.0. The highest BCUT2D eigenvalue weighted by atomic mass is 16.5. The first-order chi connectivity index (χ1) is 38.0. The van der Waals surface area contributed by atoms with Crippen molar-refractivity contribution in [3.63, 3.8) is 0 Å². The first-order valence-electron chi connectivity index (χ1n) is 34.7. The fraction of sp³-hybridized carbons (Fsp3) is 0.887. The molecule has 1 amide bonds. The topological polar surface area (TPSA) is 95.9 Å². The van der Waals surface area contributed by atoms with Crippen LogP contribution in [0.3, 0.4) is 0 Å². The molecule has 0 aromatic carbocycles. The molecule has 0 aliphatic rings. The van der Waals surface area contributed by atoms with Crippen LogP contribution in [0.25, 0.3) is 0 Å². The van der Waals surface area contributed by atoms with Crippen LogP contribution in [-0.4, -0.2) is 47.4 Å². The zero-order valence-electron chi connectivity index (χ0n) is 52.0. The number of aliphatic hydroxyl groups excluding tert-OH is 2. The highest BCUT2D eigenvalue weighted by molar-refractivity contribution is 5.76. The average molecular weight is 1080 g/mol. The van der Waals surface area contributed by atoms with E-state index in [2.05, 4.69) is 55.6 Å². The van der Waals surface area contributed by atoms with Gasteiger partial charge in [-0.2, -0.15) is 0 Å². The van der Waals surface area contributed by atoms with Crippen LogP contribution < -0.4 is 5.32 Å². The third-order valence-corrected chi connectivity index (χ3v) is 16.2. The van der Waals surface area contributed by atoms with Crippen molar-refractivity contribution in [1.29, 1.82) is 0 Å². The summed E-state index contributed by atoms with van der Waals surface area (Å²) in [6.07, 6.45) is 84.8. The minimum Gasteiger partial charge on any atom is -0.466 e. The molecule has 6 heteroatoms. The van der Waals surface area contributed by atoms with E-state index in [1.165, 1.54) is 295 Å². The van der Waals surface area contributed by atoms with Gasteiger partial charge in [0.2, 0.25) is 5.91 Å². The van der Waals surface area contributed by atoms with E-state index in [9.17, 15) is 19.8 Å². The lowest BCUT2D eigenvalue weighted by molar-refractivity contribution is -0.143. The highest BCUT2D eigenvalue weighted by Crippen LogP contribution is 2.18. The van der Waals surface area contributed by atoms with Gasteiger partial charge in [0.05, 0.1) is 25.4 Å². The number of esters is 1. The molecule has 0 rings (SSSR count). The lowest BCUT2D eigenvalue weighted by Crippen LogP contribution is -2.45. The van der Waals surface area contributed by atoms with Gasteiger partial charge in [-0.05, 0) is 83.5 Å². The van der Waals surface area contributed by atoms with Crippen LogP contribution in [0.1, 0.15) is 380 Å². The first kappa shape index (κ1) is 75.1. The standard InChI is InChI=1S/C71H135NO5/c1-3-5-7-9-11-13-15-17-41-45-49-53-57-61-65-71(76)77-66-62-58-54-50-46-42-38-36-34-32-30-28-26-24-22-20-18-19-21-23-25-27-29-31-33-35-37-40-44-48-52-56-60-64-70(75)72-68(67-73)69(74)63-59-55-51-47-43-39-16-14-12-10-8-6-4-2/h15,17,22,24,28,30,68-69,73-74H,3-14,16,18-21,23,25-27,29,31-67H2,1-2H3,(H,72,75)/b17-15-,24-22-,30-28-. The van der Waals surface area contributed by atoms with Gasteiger partial charge in [-0.25, -0.2) is 0 Å². The second-order valence-electron chi connectivity index (χ2n) is 23.9. The quantitative estimate of drug-likeness (QED) is 0.0320. The van der Waals surface area contributed by atoms with Crippen LogP contribution >= 0.6 is 0 Å². The molecule has 0 saturated carbocycles. The molecule has 0 saturated heterocycles. The molecule has 3 N–H and O–H groups in total. The maximum Gasteiger partial charge on any atom is 0.305 e. The largest absolute Gasteiger partial charge is 0.466 e. The molecular formula is C71H135NO5. The number of allylic oxidation sites excluding steroid dienone is 6. The van der Waals surface area contributed by atoms with E-state index in [-0.39, 0.29) is 18.5 Å². The smallest absolute Gasteiger partial charge is 0.305 e. The van der Waals surface area contributed by atoms with Crippen molar-refractivity contribution in [3.05, 3.63) is 36.5 Å². The summed E-state index contributed by atoms with van der Waals surface area (Å²) in [5.74, 6) is -0.0257. The van der Waals surface area contributed by atoms with Crippen molar-refractivity contribution >= 4 is 11.9 Å². The summed E-state index contributed by atoms with van der Waals surface area (Å²) in [5.41, 5.74) is 0. The second-order valence-corrected chi connectivity index (χ2v) is 23.9. The summed E-state index contributed by atoms with van der Waals surface area (Å²) in [6.45, 7) is 4.96. The van der Waals surface area contributed by atoms with E-state index in [0.29, 0.717) is 25.9 Å². The molecule has 0 heterocycles. The molecule has 0 aromatic rings. The summed E-state index contributed by atoms with van der Waals surface area (Å²) < 4.78 is 5.48. The van der Waals surface area contributed by atoms with E-state index >= 15 is 0 Å². The second kappa shape index (κ2) is 66.6. The number of unbranched alkanes of at least 4 members (excludes halogenated alkanes) is 48. The summed E-state index contributed by atoms with van der Waals surface area (Å²) >= 11 is 0. The van der Waals surface area contributed by atoms with Crippen LogP contribution in [-0.2, 0) is 14.3 Å². The SMILES string of the molecule is CCCCCCC/C=C\CCCCCCCC(=O)OCCCCCCCCCCC/C=C\C/C=C\CCCCCCCCCCCCCCCCCCCC(=O)NC(CO)C(O)CCCCCCCCCCCCCCC. The molecule has 0 aliphatic heterocycles. The van der Waals surface area contributed by atoms with Gasteiger partial charge < -0.3 is 20.3 Å². The minimum atomic E-state index is -0.662. The lowest BCUT2D eigenvalue weighted by Gasteiger charge is -2.22. The van der Waals surface area contributed by atoms with Crippen LogP contribution in [0, 0.1) is 0 Å². The Morgan fingerprint density at radius 1 is 0.364 bits per heavy atom. The van der Waals surface area contributed by atoms with Gasteiger partial charge in [-0.1, -0.05) is 320 Å². The number of hydrogen-bond donors (Lipinski definition) is 3. The monoisotopic (exact) mass is 1080 g/mol. The number of ether oxygens (including phenoxy) is 1. The normalized spacial score (nSPS) is 12.7. The van der Waals surface area contributed by atoms with E-state index in [4.69, 9.17) is 4.74 Å². The molecule has 0 spiro atoms. The van der Waals surface area contributed by atoms with Crippen LogP contribution in [0.2, 0.25) is 0 Å². The summed E-state index contributed by atoms with van der Waals surface area (Å²) in [5, 5.41) is 23.3. The highest BCUT2D eigenvalue weighted by Gasteiger charge is 2.20. The molecule has 0 radical (unpaired) electrons. The Morgan fingerprint density at radius 2 is 0.649 bits per heavy atom. The Bertz CT molecular complexity index is 1250. The minimum absolute atomic E-state index is 0.00584. The Morgan fingerprint density at radius 3 is 1.00 bits per heavy atom. The average Bonchev–Trinajstić information content (AvgIpc) is 3.43. The maximum atomic E-state index is 12.5. The zero-order chi connectivity index (χ0) is 55.7. The Kier molecular flexibility index (Phi) is 64.9. The number of nitrogens with one attached hydrogen (secondary N) is 1. The van der Waals surface area contributed by atoms with E-state index < -0.39 is 12.1 Å². The molecule has 0 aromatic heterocycles. The fourth-order valence-electron chi connectivity index (χ4n) is 10.8. The molecule has 2 unspecified atom stereocenters. The molecule has 6 nitrogen and oxygen atoms in total. The van der Waals surface area contributed by atoms with E-state index in [1.54, 1.807) is 0 Å². The molecule has 454 valence electrons. The molecular weight excluding hydrogens is 947 g/mol. The van der Waals surface area contributed by atoms with Crippen molar-refractivity contribution in [2.75, 3.05) is 13.2 Å². The van der Waals surface area contributed by atoms with Gasteiger partial charge >= 0.3 is 5.97 Å². The van der Waals surface area contributed by atoms with Crippen LogP contribution in [0.5, 0.6) is 0 Å². The van der Waals surface area contributed by atoms with Crippen molar-refractivity contribution < 1.29 is 24.5 Å². The molecule has 0 aliphatic carbocycles. The van der Waals surface area contributed by atoms with E-state index in [1.807, 2.05) is 0 Å². The number of rotatable bonds is 65. The van der Waals surface area contributed by atoms with Gasteiger partial charge in [0.1, 0.15) is 0 Å². The van der Waals surface area contributed by atoms with Gasteiger partial charge in [-0.3, -0.25) is 9.59 Å². The number of amides is 1. The number of carbonyl (C=O) groups excluding carboxylic acids is 2. The first-order valence-corrected chi connectivity index (χ1v) is 34.7. The number of carbonyl (C=O) groups is 2. The molecule has 0 bridgehead atoms. The summed E-state index contributed by atoms with van der Waals surface area (Å²) in [6, 6.07) is -0.539. The number of hydrogen-bond acceptors (Lipinski definition) is 5. The third-order valence-electron chi connectivity index (χ3n) is 16.2. The van der Waals surface area contributed by atoms with Gasteiger partial charge in [0.15, 0.2) is 0 Å². The van der Waals surface area contributed by atoms with Crippen molar-refractivity contribution in [2.45, 2.75) is 392 Å². The van der Waals surface area contributed by atoms with Gasteiger partial charge in [0, 0.05) is 12.8 Å². The molecule has 77 heavy (non-hydrogen) atoms. The van der Waals surface area contributed by atoms with Crippen molar-refractivity contribution in [2.24, 2.45) is 0 Å². The van der Waals surface area contributed by atoms with Gasteiger partial charge in [-0.15, -0.1) is 0 Å². The molecule has 2 atom stereocenters. The van der Waals surface area contributed by atoms with Gasteiger partial charge in [0.25, 0.3) is 0 Å². The maximum absolute atomic E-state index is 12.5. The van der Waals surface area contributed by atoms with Crippen LogP contribution in [0.4, 0.5) is 0 Å². The van der Waals surface area contributed by atoms with Crippen LogP contribution in [0.15, 0.2) is 36.5 Å². The predicted octanol–water partition coefficient (Wildman–Crippen LogP) is 22.3. The molecule has 0 fully saturated rings. The van der Waals surface area contributed by atoms with E-state index in [0.717, 1.165) is 51.4 Å². The fourth-order valence-corrected chi connectivity index (χ4v) is 10.8. The summed E-state index contributed by atoms with van der Waals surface area (Å²) in [4.78, 5) is 24.5. The Balaban J connectivity index is 3.37. The third kappa shape index (κ3) is 63.1. The van der Waals surface area contributed by atoms with Crippen molar-refractivity contribution in [3.8, 4) is 0 Å². The number of aliphatic hydroxyl groups is 2. The Labute approximate surface area is 481 Å². The summed E-state index contributed by atoms with van der Waals surface area (Å²) in [7, 11) is 0.